The first-order chi connectivity index (χ1) is 18.5. The summed E-state index contributed by atoms with van der Waals surface area (Å²) in [6, 6.07) is 4.79. The van der Waals surface area contributed by atoms with Gasteiger partial charge in [-0.15, -0.1) is 0 Å². The van der Waals surface area contributed by atoms with E-state index in [1.807, 2.05) is 18.0 Å². The van der Waals surface area contributed by atoms with Gasteiger partial charge in [0.15, 0.2) is 5.75 Å². The quantitative estimate of drug-likeness (QED) is 0.611. The third-order valence-corrected chi connectivity index (χ3v) is 8.65. The number of carbonyl (C=O) groups is 1. The van der Waals surface area contributed by atoms with Crippen LogP contribution in [0.15, 0.2) is 18.3 Å². The minimum Gasteiger partial charge on any atom is -0.482 e. The number of aryl methyl sites for hydroxylation is 1. The molecular weight excluding hydrogens is 478 g/mol. The molecule has 4 aliphatic rings. The molecule has 200 valence electrons. The van der Waals surface area contributed by atoms with Crippen LogP contribution in [0.2, 0.25) is 0 Å². The van der Waals surface area contributed by atoms with Gasteiger partial charge < -0.3 is 19.7 Å². The van der Waals surface area contributed by atoms with E-state index in [1.165, 1.54) is 5.56 Å². The Kier molecular flexibility index (Phi) is 6.98. The zero-order valence-corrected chi connectivity index (χ0v) is 22.6. The van der Waals surface area contributed by atoms with E-state index < -0.39 is 0 Å². The van der Waals surface area contributed by atoms with Gasteiger partial charge in [-0.25, -0.2) is 4.98 Å². The molecule has 1 N–H and O–H groups in total. The molecule has 4 aliphatic heterocycles. The second-order valence-electron chi connectivity index (χ2n) is 11.0. The molecule has 0 spiro atoms. The van der Waals surface area contributed by atoms with Crippen molar-refractivity contribution < 1.29 is 14.3 Å². The van der Waals surface area contributed by atoms with Crippen molar-refractivity contribution in [3.8, 4) is 17.6 Å². The summed E-state index contributed by atoms with van der Waals surface area (Å²) in [6.45, 7) is 11.1. The number of aromatic nitrogens is 2. The van der Waals surface area contributed by atoms with Gasteiger partial charge in [0.25, 0.3) is 5.91 Å². The number of ether oxygens (including phenoxy) is 2. The summed E-state index contributed by atoms with van der Waals surface area (Å²) >= 11 is 0. The van der Waals surface area contributed by atoms with Gasteiger partial charge in [0.1, 0.15) is 11.9 Å². The fourth-order valence-corrected chi connectivity index (χ4v) is 6.48. The molecule has 0 saturated carbocycles. The zero-order valence-electron chi connectivity index (χ0n) is 22.6. The lowest BCUT2D eigenvalue weighted by atomic mass is 9.87. The summed E-state index contributed by atoms with van der Waals surface area (Å²) in [4.78, 5) is 26.1. The standard InChI is InChI=1S/C30H37N5O3/c1-4-5-27(36)35-17-23(18-35)34-12-7-22(8-13-34)25-16-26-29(19(2)32-25)38-20(3)28-24(6-11-31-30(28)33-26)21-9-14-37-15-10-21/h6,11,16,20-23H,7-10,12-15,17-18H2,1-3H3,(H,31,33)/t20-/m0/s1. The fourth-order valence-electron chi connectivity index (χ4n) is 6.48. The summed E-state index contributed by atoms with van der Waals surface area (Å²) in [5, 5.41) is 3.64. The molecule has 0 aliphatic carbocycles. The first-order valence-electron chi connectivity index (χ1n) is 14.0. The van der Waals surface area contributed by atoms with Crippen molar-refractivity contribution in [2.45, 2.75) is 70.4 Å². The van der Waals surface area contributed by atoms with Crippen molar-refractivity contribution in [1.29, 1.82) is 0 Å². The zero-order chi connectivity index (χ0) is 26.2. The first kappa shape index (κ1) is 25.1. The molecule has 1 amide bonds. The highest BCUT2D eigenvalue weighted by Crippen LogP contribution is 2.44. The highest BCUT2D eigenvalue weighted by molar-refractivity contribution is 5.94. The van der Waals surface area contributed by atoms with E-state index in [0.29, 0.717) is 17.9 Å². The van der Waals surface area contributed by atoms with Crippen molar-refractivity contribution in [2.24, 2.45) is 0 Å². The fraction of sp³-hybridized carbons (Fsp3) is 0.567. The number of fused-ring (bicyclic) bond motifs is 2. The van der Waals surface area contributed by atoms with E-state index in [-0.39, 0.29) is 12.0 Å². The summed E-state index contributed by atoms with van der Waals surface area (Å²) in [7, 11) is 0. The maximum absolute atomic E-state index is 12.0. The van der Waals surface area contributed by atoms with Crippen LogP contribution in [0.25, 0.3) is 0 Å². The molecule has 0 radical (unpaired) electrons. The van der Waals surface area contributed by atoms with Gasteiger partial charge in [0.2, 0.25) is 0 Å². The Morgan fingerprint density at radius 1 is 1.13 bits per heavy atom. The molecule has 6 heterocycles. The molecule has 2 aromatic heterocycles. The minimum absolute atomic E-state index is 0.0525. The van der Waals surface area contributed by atoms with Crippen LogP contribution >= 0.6 is 0 Å². The van der Waals surface area contributed by atoms with Crippen LogP contribution in [-0.2, 0) is 9.53 Å². The Hall–Kier alpha value is -3.15. The van der Waals surface area contributed by atoms with E-state index in [9.17, 15) is 4.79 Å². The molecule has 2 aromatic rings. The van der Waals surface area contributed by atoms with Crippen LogP contribution in [0.5, 0.6) is 5.75 Å². The predicted octanol–water partition coefficient (Wildman–Crippen LogP) is 4.29. The van der Waals surface area contributed by atoms with Crippen molar-refractivity contribution >= 4 is 17.4 Å². The number of rotatable bonds is 3. The average molecular weight is 516 g/mol. The molecule has 1 atom stereocenters. The van der Waals surface area contributed by atoms with Crippen molar-refractivity contribution in [1.82, 2.24) is 19.8 Å². The summed E-state index contributed by atoms with van der Waals surface area (Å²) in [6.07, 6.45) is 5.98. The molecule has 38 heavy (non-hydrogen) atoms. The van der Waals surface area contributed by atoms with E-state index in [0.717, 1.165) is 99.3 Å². The van der Waals surface area contributed by atoms with Crippen LogP contribution in [0.4, 0.5) is 11.5 Å². The van der Waals surface area contributed by atoms with Gasteiger partial charge in [0.05, 0.1) is 11.4 Å². The number of nitrogens with zero attached hydrogens (tertiary/aromatic N) is 4. The normalized spacial score (nSPS) is 22.6. The predicted molar refractivity (Wildman–Crippen MR) is 146 cm³/mol. The van der Waals surface area contributed by atoms with E-state index in [1.54, 1.807) is 6.92 Å². The van der Waals surface area contributed by atoms with E-state index in [2.05, 4.69) is 41.1 Å². The highest BCUT2D eigenvalue weighted by atomic mass is 16.5. The molecule has 0 bridgehead atoms. The van der Waals surface area contributed by atoms with Crippen LogP contribution in [0.3, 0.4) is 0 Å². The van der Waals surface area contributed by atoms with Gasteiger partial charge in [0, 0.05) is 55.7 Å². The van der Waals surface area contributed by atoms with Gasteiger partial charge in [-0.1, -0.05) is 5.92 Å². The number of likely N-dealkylation sites (tertiary alicyclic amines) is 2. The smallest absolute Gasteiger partial charge is 0.298 e. The molecule has 0 unspecified atom stereocenters. The lowest BCUT2D eigenvalue weighted by molar-refractivity contribution is -0.132. The maximum Gasteiger partial charge on any atom is 0.298 e. The van der Waals surface area contributed by atoms with E-state index in [4.69, 9.17) is 19.4 Å². The van der Waals surface area contributed by atoms with Gasteiger partial charge in [-0.05, 0) is 89.1 Å². The molecule has 6 rings (SSSR count). The van der Waals surface area contributed by atoms with Crippen molar-refractivity contribution in [2.75, 3.05) is 44.7 Å². The topological polar surface area (TPSA) is 79.8 Å². The number of piperidine rings is 1. The molecule has 3 saturated heterocycles. The second kappa shape index (κ2) is 10.5. The number of pyridine rings is 2. The van der Waals surface area contributed by atoms with Crippen molar-refractivity contribution in [3.05, 3.63) is 40.8 Å². The Morgan fingerprint density at radius 2 is 1.89 bits per heavy atom. The monoisotopic (exact) mass is 515 g/mol. The third kappa shape index (κ3) is 4.74. The molecular formula is C30H37N5O3. The summed E-state index contributed by atoms with van der Waals surface area (Å²) < 4.78 is 12.2. The molecule has 3 fully saturated rings. The van der Waals surface area contributed by atoms with Crippen LogP contribution < -0.4 is 10.1 Å². The lowest BCUT2D eigenvalue weighted by Gasteiger charge is -2.47. The van der Waals surface area contributed by atoms with Gasteiger partial charge in [-0.3, -0.25) is 14.7 Å². The Balaban J connectivity index is 1.17. The number of hydrogen-bond donors (Lipinski definition) is 1. The van der Waals surface area contributed by atoms with Crippen LogP contribution in [0, 0.1) is 18.8 Å². The van der Waals surface area contributed by atoms with Crippen LogP contribution in [0.1, 0.15) is 80.0 Å². The number of amides is 1. The van der Waals surface area contributed by atoms with Gasteiger partial charge in [-0.2, -0.15) is 0 Å². The largest absolute Gasteiger partial charge is 0.482 e. The Bertz CT molecular complexity index is 1260. The summed E-state index contributed by atoms with van der Waals surface area (Å²) in [5.41, 5.74) is 5.48. The minimum atomic E-state index is -0.114. The van der Waals surface area contributed by atoms with E-state index >= 15 is 0 Å². The third-order valence-electron chi connectivity index (χ3n) is 8.65. The average Bonchev–Trinajstić information content (AvgIpc) is 3.05. The molecule has 8 nitrogen and oxygen atoms in total. The van der Waals surface area contributed by atoms with Crippen LogP contribution in [-0.4, -0.2) is 71.1 Å². The van der Waals surface area contributed by atoms with Gasteiger partial charge >= 0.3 is 0 Å². The first-order valence-corrected chi connectivity index (χ1v) is 14.0. The lowest BCUT2D eigenvalue weighted by Crippen LogP contribution is -2.61. The van der Waals surface area contributed by atoms with Crippen molar-refractivity contribution in [3.63, 3.8) is 0 Å². The number of nitrogens with one attached hydrogen (secondary N) is 1. The molecule has 8 heteroatoms. The Labute approximate surface area is 225 Å². The second-order valence-corrected chi connectivity index (χ2v) is 11.0. The Morgan fingerprint density at radius 3 is 2.63 bits per heavy atom. The summed E-state index contributed by atoms with van der Waals surface area (Å²) in [5.74, 6) is 7.89. The maximum atomic E-state index is 12.0. The molecule has 0 aromatic carbocycles. The number of carbonyl (C=O) groups excluding carboxylic acids is 1. The number of anilines is 2. The number of hydrogen-bond acceptors (Lipinski definition) is 7. The highest BCUT2D eigenvalue weighted by Gasteiger charge is 2.37. The SMILES string of the molecule is CC#CC(=O)N1CC(N2CCC(c3cc4c(c(C)n3)O[C@@H](C)c3c(C5CCOCC5)ccnc3N4)CC2)C1.